The zero-order chi connectivity index (χ0) is 23.1. The number of carbonyl (C=O) groups is 3. The van der Waals surface area contributed by atoms with Crippen LogP contribution in [0.5, 0.6) is 0 Å². The number of ketones is 1. The van der Waals surface area contributed by atoms with Crippen molar-refractivity contribution in [3.8, 4) is 6.07 Å². The number of carbonyl (C=O) groups excluding carboxylic acids is 3. The van der Waals surface area contributed by atoms with Gasteiger partial charge in [0.15, 0.2) is 12.4 Å². The van der Waals surface area contributed by atoms with Crippen LogP contribution in [-0.2, 0) is 20.9 Å². The molecule has 0 unspecified atom stereocenters. The Kier molecular flexibility index (Phi) is 7.92. The third kappa shape index (κ3) is 6.41. The molecule has 0 atom stereocenters. The molecule has 1 amide bonds. The number of amides is 1. The summed E-state index contributed by atoms with van der Waals surface area (Å²) in [5, 5.41) is 12.0. The molecule has 2 rings (SSSR count). The second-order valence-electron chi connectivity index (χ2n) is 7.76. The van der Waals surface area contributed by atoms with Crippen LogP contribution in [0.25, 0.3) is 6.08 Å². The molecule has 0 bridgehead atoms. The minimum atomic E-state index is -0.848. The molecule has 1 heterocycles. The van der Waals surface area contributed by atoms with E-state index < -0.39 is 18.4 Å². The Balaban J connectivity index is 2.07. The molecule has 7 nitrogen and oxygen atoms in total. The summed E-state index contributed by atoms with van der Waals surface area (Å²) in [5.74, 6) is -1.01. The third-order valence-corrected chi connectivity index (χ3v) is 4.66. The fourth-order valence-corrected chi connectivity index (χ4v) is 3.15. The number of rotatable bonds is 8. The Morgan fingerprint density at radius 1 is 1.19 bits per heavy atom. The number of benzene rings is 1. The number of nitrogens with zero attached hydrogens (tertiary/aromatic N) is 2. The normalized spacial score (nSPS) is 11.2. The van der Waals surface area contributed by atoms with E-state index in [1.807, 2.05) is 26.0 Å². The molecule has 0 spiro atoms. The van der Waals surface area contributed by atoms with Crippen molar-refractivity contribution in [2.24, 2.45) is 5.92 Å². The lowest BCUT2D eigenvalue weighted by atomic mass is 10.1. The molecular formula is C24H27N3O4. The summed E-state index contributed by atoms with van der Waals surface area (Å²) in [6.45, 7) is 9.91. The molecule has 1 aromatic heterocycles. The number of ether oxygens (including phenoxy) is 1. The van der Waals surface area contributed by atoms with Crippen LogP contribution in [0, 0.1) is 31.1 Å². The fourth-order valence-electron chi connectivity index (χ4n) is 3.15. The number of aryl methyl sites for hydroxylation is 1. The van der Waals surface area contributed by atoms with Crippen molar-refractivity contribution in [3.05, 3.63) is 58.4 Å². The molecule has 2 aromatic rings. The second-order valence-corrected chi connectivity index (χ2v) is 7.76. The number of nitrogens with one attached hydrogen (secondary N) is 1. The van der Waals surface area contributed by atoms with Gasteiger partial charge in [0, 0.05) is 36.1 Å². The summed E-state index contributed by atoms with van der Waals surface area (Å²) in [6, 6.07) is 10.0. The topological polar surface area (TPSA) is 101 Å². The van der Waals surface area contributed by atoms with Gasteiger partial charge in [-0.3, -0.25) is 9.59 Å². The monoisotopic (exact) mass is 421 g/mol. The van der Waals surface area contributed by atoms with Crippen LogP contribution in [0.2, 0.25) is 0 Å². The molecule has 1 N–H and O–H groups in total. The van der Waals surface area contributed by atoms with Gasteiger partial charge in [0.2, 0.25) is 5.91 Å². The first-order chi connectivity index (χ1) is 14.6. The van der Waals surface area contributed by atoms with Crippen molar-refractivity contribution in [2.45, 2.75) is 41.2 Å². The van der Waals surface area contributed by atoms with Gasteiger partial charge in [0.1, 0.15) is 11.6 Å². The van der Waals surface area contributed by atoms with Crippen LogP contribution in [-0.4, -0.2) is 28.8 Å². The predicted octanol–water partition coefficient (Wildman–Crippen LogP) is 4.05. The van der Waals surface area contributed by atoms with Crippen LogP contribution in [0.15, 0.2) is 35.9 Å². The van der Waals surface area contributed by atoms with E-state index in [0.29, 0.717) is 17.2 Å². The molecule has 0 radical (unpaired) electrons. The van der Waals surface area contributed by atoms with Gasteiger partial charge in [-0.25, -0.2) is 4.79 Å². The smallest absolute Gasteiger partial charge is 0.349 e. The number of Topliss-reactive ketones (excluding diaryl/α,β-unsaturated/α-hetero) is 1. The Labute approximate surface area is 182 Å². The largest absolute Gasteiger partial charge is 0.453 e. The Morgan fingerprint density at radius 3 is 2.39 bits per heavy atom. The van der Waals surface area contributed by atoms with E-state index in [0.717, 1.165) is 23.5 Å². The quantitative estimate of drug-likeness (QED) is 0.300. The summed E-state index contributed by atoms with van der Waals surface area (Å²) < 4.78 is 7.21. The summed E-state index contributed by atoms with van der Waals surface area (Å²) in [6.07, 6.45) is 1.49. The molecule has 0 aliphatic rings. The molecule has 0 aliphatic carbocycles. The molecule has 0 saturated heterocycles. The summed E-state index contributed by atoms with van der Waals surface area (Å²) in [7, 11) is 0. The highest BCUT2D eigenvalue weighted by molar-refractivity contribution is 6.02. The first-order valence-corrected chi connectivity index (χ1v) is 9.98. The van der Waals surface area contributed by atoms with Gasteiger partial charge < -0.3 is 14.6 Å². The van der Waals surface area contributed by atoms with Crippen molar-refractivity contribution >= 4 is 29.4 Å². The van der Waals surface area contributed by atoms with E-state index in [4.69, 9.17) is 4.74 Å². The number of hydrogen-bond acceptors (Lipinski definition) is 5. The van der Waals surface area contributed by atoms with Gasteiger partial charge in [0.25, 0.3) is 0 Å². The van der Waals surface area contributed by atoms with Crippen LogP contribution < -0.4 is 5.32 Å². The van der Waals surface area contributed by atoms with Gasteiger partial charge in [-0.15, -0.1) is 0 Å². The standard InChI is InChI=1S/C24H27N3O4/c1-15(2)13-27-16(3)10-20(17(27)4)11-21(12-25)24(30)31-14-23(29)19-6-8-22(9-7-19)26-18(5)28/h6-11,15H,13-14H2,1-5H3,(H,26,28)/b21-11+. The fraction of sp³-hybridized carbons (Fsp3) is 0.333. The average molecular weight is 421 g/mol. The third-order valence-electron chi connectivity index (χ3n) is 4.66. The van der Waals surface area contributed by atoms with Gasteiger partial charge in [0.05, 0.1) is 0 Å². The van der Waals surface area contributed by atoms with Crippen LogP contribution in [0.1, 0.15) is 48.1 Å². The van der Waals surface area contributed by atoms with Crippen molar-refractivity contribution in [3.63, 3.8) is 0 Å². The highest BCUT2D eigenvalue weighted by Gasteiger charge is 2.16. The molecule has 31 heavy (non-hydrogen) atoms. The van der Waals surface area contributed by atoms with Crippen molar-refractivity contribution in [1.82, 2.24) is 4.57 Å². The highest BCUT2D eigenvalue weighted by atomic mass is 16.5. The van der Waals surface area contributed by atoms with Crippen LogP contribution in [0.3, 0.4) is 0 Å². The second kappa shape index (κ2) is 10.4. The van der Waals surface area contributed by atoms with E-state index in [2.05, 4.69) is 23.7 Å². The van der Waals surface area contributed by atoms with Crippen molar-refractivity contribution in [2.75, 3.05) is 11.9 Å². The Hall–Kier alpha value is -3.66. The molecule has 7 heteroatoms. The molecule has 0 aliphatic heterocycles. The number of hydrogen-bond donors (Lipinski definition) is 1. The molecule has 162 valence electrons. The van der Waals surface area contributed by atoms with Gasteiger partial charge in [-0.1, -0.05) is 13.8 Å². The van der Waals surface area contributed by atoms with Gasteiger partial charge in [-0.05, 0) is 61.7 Å². The van der Waals surface area contributed by atoms with E-state index in [9.17, 15) is 19.6 Å². The minimum absolute atomic E-state index is 0.168. The predicted molar refractivity (Wildman–Crippen MR) is 118 cm³/mol. The van der Waals surface area contributed by atoms with Crippen LogP contribution >= 0.6 is 0 Å². The zero-order valence-electron chi connectivity index (χ0n) is 18.5. The van der Waals surface area contributed by atoms with Gasteiger partial charge >= 0.3 is 5.97 Å². The summed E-state index contributed by atoms with van der Waals surface area (Å²) in [4.78, 5) is 35.7. The lowest BCUT2D eigenvalue weighted by Crippen LogP contribution is -2.15. The minimum Gasteiger partial charge on any atom is -0.453 e. The summed E-state index contributed by atoms with van der Waals surface area (Å²) in [5.41, 5.74) is 3.50. The molecule has 0 saturated carbocycles. The van der Waals surface area contributed by atoms with E-state index in [1.54, 1.807) is 12.1 Å². The number of aromatic nitrogens is 1. The maximum Gasteiger partial charge on any atom is 0.349 e. The zero-order valence-corrected chi connectivity index (χ0v) is 18.5. The first kappa shape index (κ1) is 23.6. The van der Waals surface area contributed by atoms with Gasteiger partial charge in [-0.2, -0.15) is 5.26 Å². The van der Waals surface area contributed by atoms with Crippen molar-refractivity contribution < 1.29 is 19.1 Å². The van der Waals surface area contributed by atoms with E-state index in [-0.39, 0.29) is 11.5 Å². The summed E-state index contributed by atoms with van der Waals surface area (Å²) >= 11 is 0. The maximum absolute atomic E-state index is 12.4. The number of esters is 1. The molecule has 0 fully saturated rings. The lowest BCUT2D eigenvalue weighted by molar-refractivity contribution is -0.137. The lowest BCUT2D eigenvalue weighted by Gasteiger charge is -2.12. The van der Waals surface area contributed by atoms with Crippen LogP contribution in [0.4, 0.5) is 5.69 Å². The average Bonchev–Trinajstić information content (AvgIpc) is 2.97. The number of anilines is 1. The number of nitriles is 1. The molecular weight excluding hydrogens is 394 g/mol. The maximum atomic E-state index is 12.4. The first-order valence-electron chi connectivity index (χ1n) is 9.98. The van der Waals surface area contributed by atoms with E-state index >= 15 is 0 Å². The highest BCUT2D eigenvalue weighted by Crippen LogP contribution is 2.20. The molecule has 1 aromatic carbocycles. The SMILES string of the molecule is CC(=O)Nc1ccc(C(=O)COC(=O)/C(C#N)=C/c2cc(C)n(CC(C)C)c2C)cc1. The Morgan fingerprint density at radius 2 is 1.84 bits per heavy atom. The van der Waals surface area contributed by atoms with Crippen molar-refractivity contribution in [1.29, 1.82) is 5.26 Å². The Bertz CT molecular complexity index is 1050. The van der Waals surface area contributed by atoms with E-state index in [1.165, 1.54) is 25.1 Å².